The van der Waals surface area contributed by atoms with Gasteiger partial charge in [-0.1, -0.05) is 24.3 Å². The number of aromatic nitrogens is 2. The molecule has 0 unspecified atom stereocenters. The van der Waals surface area contributed by atoms with E-state index in [-0.39, 0.29) is 18.4 Å². The molecule has 1 saturated heterocycles. The Morgan fingerprint density at radius 3 is 2.90 bits per heavy atom. The number of aryl methyl sites for hydroxylation is 1. The van der Waals surface area contributed by atoms with Gasteiger partial charge in [0.25, 0.3) is 11.8 Å². The van der Waals surface area contributed by atoms with E-state index in [4.69, 9.17) is 9.47 Å². The third-order valence-electron chi connectivity index (χ3n) is 5.43. The third kappa shape index (κ3) is 4.54. The number of fused-ring (bicyclic) bond motifs is 1. The maximum absolute atomic E-state index is 13.0. The van der Waals surface area contributed by atoms with E-state index < -0.39 is 6.10 Å². The van der Waals surface area contributed by atoms with E-state index in [1.807, 2.05) is 53.9 Å². The molecule has 3 aromatic rings. The monoisotopic (exact) mass is 422 g/mol. The number of hydrogen-bond donors (Lipinski definition) is 1. The number of rotatable bonds is 6. The molecule has 4 rings (SSSR count). The number of methoxy groups -OCH3 is 1. The normalized spacial score (nSPS) is 16.3. The van der Waals surface area contributed by atoms with Gasteiger partial charge in [-0.25, -0.2) is 4.98 Å². The number of morpholine rings is 1. The van der Waals surface area contributed by atoms with Crippen molar-refractivity contribution in [3.05, 3.63) is 65.6 Å². The zero-order valence-corrected chi connectivity index (χ0v) is 17.7. The summed E-state index contributed by atoms with van der Waals surface area (Å²) in [5.41, 5.74) is 3.14. The Morgan fingerprint density at radius 1 is 1.26 bits per heavy atom. The summed E-state index contributed by atoms with van der Waals surface area (Å²) >= 11 is 0. The van der Waals surface area contributed by atoms with E-state index in [9.17, 15) is 9.59 Å². The van der Waals surface area contributed by atoms with Crippen LogP contribution in [0.5, 0.6) is 5.75 Å². The molecular weight excluding hydrogens is 396 g/mol. The first-order valence-corrected chi connectivity index (χ1v) is 10.3. The predicted molar refractivity (Wildman–Crippen MR) is 115 cm³/mol. The number of imidazole rings is 1. The van der Waals surface area contributed by atoms with Gasteiger partial charge >= 0.3 is 0 Å². The first-order valence-electron chi connectivity index (χ1n) is 10.3. The molecule has 31 heavy (non-hydrogen) atoms. The standard InChI is InChI=1S/C23H26N4O4/c1-16-6-5-11-26-14-18(25-21(16)26)23(29)27-12-13-31-20(15-27)22(28)24-10-9-17-7-3-4-8-19(17)30-2/h3-8,11,14,20H,9-10,12-13,15H2,1-2H3,(H,24,28)/t20-/m1/s1. The second kappa shape index (κ2) is 9.18. The zero-order valence-electron chi connectivity index (χ0n) is 17.7. The van der Waals surface area contributed by atoms with Crippen LogP contribution in [-0.4, -0.2) is 65.6 Å². The Hall–Kier alpha value is -3.39. The minimum absolute atomic E-state index is 0.196. The van der Waals surface area contributed by atoms with Crippen LogP contribution in [-0.2, 0) is 16.0 Å². The molecule has 0 aliphatic carbocycles. The van der Waals surface area contributed by atoms with Gasteiger partial charge in [0.2, 0.25) is 0 Å². The van der Waals surface area contributed by atoms with Gasteiger partial charge in [0.15, 0.2) is 6.10 Å². The largest absolute Gasteiger partial charge is 0.496 e. The lowest BCUT2D eigenvalue weighted by atomic mass is 10.1. The Morgan fingerprint density at radius 2 is 2.10 bits per heavy atom. The van der Waals surface area contributed by atoms with E-state index in [0.717, 1.165) is 22.5 Å². The van der Waals surface area contributed by atoms with Crippen molar-refractivity contribution < 1.29 is 19.1 Å². The van der Waals surface area contributed by atoms with E-state index in [1.54, 1.807) is 18.2 Å². The summed E-state index contributed by atoms with van der Waals surface area (Å²) in [4.78, 5) is 31.7. The van der Waals surface area contributed by atoms with Crippen LogP contribution in [0.25, 0.3) is 5.65 Å². The van der Waals surface area contributed by atoms with Crippen molar-refractivity contribution in [3.8, 4) is 5.75 Å². The van der Waals surface area contributed by atoms with Crippen LogP contribution in [0.15, 0.2) is 48.8 Å². The molecule has 0 radical (unpaired) electrons. The van der Waals surface area contributed by atoms with Crippen molar-refractivity contribution in [2.75, 3.05) is 33.4 Å². The van der Waals surface area contributed by atoms with Gasteiger partial charge in [-0.05, 0) is 36.6 Å². The van der Waals surface area contributed by atoms with Crippen molar-refractivity contribution >= 4 is 17.5 Å². The van der Waals surface area contributed by atoms with Crippen molar-refractivity contribution in [3.63, 3.8) is 0 Å². The van der Waals surface area contributed by atoms with Gasteiger partial charge in [0, 0.05) is 25.5 Å². The zero-order chi connectivity index (χ0) is 21.8. The number of benzene rings is 1. The van der Waals surface area contributed by atoms with E-state index in [0.29, 0.717) is 31.8 Å². The minimum Gasteiger partial charge on any atom is -0.496 e. The molecule has 162 valence electrons. The topological polar surface area (TPSA) is 85.2 Å². The maximum atomic E-state index is 13.0. The lowest BCUT2D eigenvalue weighted by Crippen LogP contribution is -2.51. The summed E-state index contributed by atoms with van der Waals surface area (Å²) in [6.07, 6.45) is 3.53. The van der Waals surface area contributed by atoms with Crippen LogP contribution < -0.4 is 10.1 Å². The average molecular weight is 422 g/mol. The molecule has 0 bridgehead atoms. The molecule has 1 aliphatic rings. The molecule has 8 heteroatoms. The molecule has 1 fully saturated rings. The van der Waals surface area contributed by atoms with Crippen LogP contribution in [0.1, 0.15) is 21.6 Å². The van der Waals surface area contributed by atoms with Crippen molar-refractivity contribution in [1.82, 2.24) is 19.6 Å². The SMILES string of the molecule is COc1ccccc1CCNC(=O)[C@H]1CN(C(=O)c2cn3cccc(C)c3n2)CCO1. The summed E-state index contributed by atoms with van der Waals surface area (Å²) in [7, 11) is 1.63. The van der Waals surface area contributed by atoms with Crippen LogP contribution in [0.2, 0.25) is 0 Å². The quantitative estimate of drug-likeness (QED) is 0.655. The van der Waals surface area contributed by atoms with Crippen LogP contribution in [0, 0.1) is 6.92 Å². The summed E-state index contributed by atoms with van der Waals surface area (Å²) < 4.78 is 12.8. The van der Waals surface area contributed by atoms with Gasteiger partial charge in [0.1, 0.15) is 17.1 Å². The first-order chi connectivity index (χ1) is 15.1. The number of hydrogen-bond acceptors (Lipinski definition) is 5. The molecule has 3 heterocycles. The molecule has 0 spiro atoms. The average Bonchev–Trinajstić information content (AvgIpc) is 3.25. The maximum Gasteiger partial charge on any atom is 0.274 e. The Bertz CT molecular complexity index is 1090. The van der Waals surface area contributed by atoms with Crippen molar-refractivity contribution in [2.45, 2.75) is 19.4 Å². The number of amides is 2. The molecule has 1 aromatic carbocycles. The van der Waals surface area contributed by atoms with E-state index >= 15 is 0 Å². The number of nitrogens with one attached hydrogen (secondary N) is 1. The smallest absolute Gasteiger partial charge is 0.274 e. The summed E-state index contributed by atoms with van der Waals surface area (Å²) in [6.45, 7) is 3.35. The number of carbonyl (C=O) groups is 2. The molecule has 1 aliphatic heterocycles. The molecular formula is C23H26N4O4. The number of nitrogens with zero attached hydrogens (tertiary/aromatic N) is 3. The number of para-hydroxylation sites is 1. The molecule has 8 nitrogen and oxygen atoms in total. The Labute approximate surface area is 180 Å². The molecule has 0 saturated carbocycles. The van der Waals surface area contributed by atoms with E-state index in [1.165, 1.54) is 0 Å². The van der Waals surface area contributed by atoms with E-state index in [2.05, 4.69) is 10.3 Å². The van der Waals surface area contributed by atoms with Crippen molar-refractivity contribution in [2.24, 2.45) is 0 Å². The molecule has 2 amide bonds. The van der Waals surface area contributed by atoms with Crippen LogP contribution in [0.3, 0.4) is 0 Å². The van der Waals surface area contributed by atoms with Crippen molar-refractivity contribution in [1.29, 1.82) is 0 Å². The fraction of sp³-hybridized carbons (Fsp3) is 0.348. The third-order valence-corrected chi connectivity index (χ3v) is 5.43. The highest BCUT2D eigenvalue weighted by Crippen LogP contribution is 2.17. The molecule has 2 aromatic heterocycles. The first kappa shape index (κ1) is 20.9. The lowest BCUT2D eigenvalue weighted by molar-refractivity contribution is -0.137. The Kier molecular flexibility index (Phi) is 6.18. The summed E-state index contributed by atoms with van der Waals surface area (Å²) in [6, 6.07) is 11.6. The highest BCUT2D eigenvalue weighted by atomic mass is 16.5. The molecule has 1 atom stereocenters. The van der Waals surface area contributed by atoms with Gasteiger partial charge in [-0.3, -0.25) is 9.59 Å². The van der Waals surface area contributed by atoms with Gasteiger partial charge < -0.3 is 24.1 Å². The minimum atomic E-state index is -0.700. The van der Waals surface area contributed by atoms with Crippen LogP contribution >= 0.6 is 0 Å². The second-order valence-electron chi connectivity index (χ2n) is 7.51. The van der Waals surface area contributed by atoms with Gasteiger partial charge in [0.05, 0.1) is 20.3 Å². The predicted octanol–water partition coefficient (Wildman–Crippen LogP) is 1.85. The highest BCUT2D eigenvalue weighted by molar-refractivity contribution is 5.93. The number of carbonyl (C=O) groups excluding carboxylic acids is 2. The summed E-state index contributed by atoms with van der Waals surface area (Å²) in [5.74, 6) is 0.376. The number of pyridine rings is 1. The van der Waals surface area contributed by atoms with Gasteiger partial charge in [-0.15, -0.1) is 0 Å². The second-order valence-corrected chi connectivity index (χ2v) is 7.51. The fourth-order valence-corrected chi connectivity index (χ4v) is 3.75. The number of ether oxygens (including phenoxy) is 2. The fourth-order valence-electron chi connectivity index (χ4n) is 3.75. The van der Waals surface area contributed by atoms with Crippen LogP contribution in [0.4, 0.5) is 0 Å². The Balaban J connectivity index is 1.35. The molecule has 1 N–H and O–H groups in total. The van der Waals surface area contributed by atoms with Gasteiger partial charge in [-0.2, -0.15) is 0 Å². The summed E-state index contributed by atoms with van der Waals surface area (Å²) in [5, 5.41) is 2.90. The highest BCUT2D eigenvalue weighted by Gasteiger charge is 2.30. The lowest BCUT2D eigenvalue weighted by Gasteiger charge is -2.31.